The zero-order valence-electron chi connectivity index (χ0n) is 10.1. The van der Waals surface area contributed by atoms with Gasteiger partial charge in [0.1, 0.15) is 12.4 Å². The highest BCUT2D eigenvalue weighted by molar-refractivity contribution is 6.32. The lowest BCUT2D eigenvalue weighted by Gasteiger charge is -2.08. The summed E-state index contributed by atoms with van der Waals surface area (Å²) in [5.74, 6) is -0.0251. The number of hydrogen-bond acceptors (Lipinski definition) is 3. The first-order chi connectivity index (χ1) is 8.83. The molecular weight excluding hydrogens is 285 g/mol. The first-order valence-corrected chi connectivity index (χ1v) is 5.72. The Kier molecular flexibility index (Phi) is 5.62. The molecule has 0 amide bonds. The fourth-order valence-electron chi connectivity index (χ4n) is 1.28. The summed E-state index contributed by atoms with van der Waals surface area (Å²) in [7, 11) is 1.43. The van der Waals surface area contributed by atoms with E-state index in [-0.39, 0.29) is 10.6 Å². The lowest BCUT2D eigenvalue weighted by atomic mass is 10.1. The van der Waals surface area contributed by atoms with Crippen molar-refractivity contribution in [1.82, 2.24) is 0 Å². The Balaban J connectivity index is 2.48. The Bertz CT molecular complexity index is 446. The fraction of sp³-hybridized carbons (Fsp3) is 0.417. The number of ether oxygens (including phenoxy) is 2. The van der Waals surface area contributed by atoms with E-state index in [1.807, 2.05) is 0 Å². The number of rotatable bonds is 6. The van der Waals surface area contributed by atoms with Crippen molar-refractivity contribution in [2.75, 3.05) is 20.3 Å². The van der Waals surface area contributed by atoms with Crippen LogP contribution >= 0.6 is 11.6 Å². The molecule has 0 N–H and O–H groups in total. The van der Waals surface area contributed by atoms with Gasteiger partial charge in [-0.1, -0.05) is 11.6 Å². The highest BCUT2D eigenvalue weighted by atomic mass is 35.5. The number of alkyl halides is 3. The molecule has 1 aromatic carbocycles. The van der Waals surface area contributed by atoms with Gasteiger partial charge in [0.05, 0.1) is 25.2 Å². The molecule has 0 spiro atoms. The van der Waals surface area contributed by atoms with E-state index >= 15 is 0 Å². The summed E-state index contributed by atoms with van der Waals surface area (Å²) in [6, 6.07) is 4.36. The molecule has 0 atom stereocenters. The number of Topliss-reactive ketones (excluding diaryl/α,β-unsaturated/α-hetero) is 1. The Morgan fingerprint density at radius 2 is 2.05 bits per heavy atom. The molecule has 0 radical (unpaired) electrons. The van der Waals surface area contributed by atoms with E-state index in [0.29, 0.717) is 5.75 Å². The highest BCUT2D eigenvalue weighted by Crippen LogP contribution is 2.25. The molecule has 0 heterocycles. The van der Waals surface area contributed by atoms with Crippen molar-refractivity contribution in [3.8, 4) is 5.75 Å². The molecular formula is C12H12ClF3O3. The molecule has 0 aliphatic rings. The average molecular weight is 297 g/mol. The van der Waals surface area contributed by atoms with Crippen LogP contribution in [0.4, 0.5) is 13.2 Å². The third-order valence-electron chi connectivity index (χ3n) is 2.24. The van der Waals surface area contributed by atoms with Crippen molar-refractivity contribution in [2.24, 2.45) is 0 Å². The number of halogens is 4. The Morgan fingerprint density at radius 1 is 1.37 bits per heavy atom. The number of benzene rings is 1. The minimum atomic E-state index is -4.29. The molecule has 0 bridgehead atoms. The van der Waals surface area contributed by atoms with Crippen molar-refractivity contribution in [1.29, 1.82) is 0 Å². The number of methoxy groups -OCH3 is 1. The van der Waals surface area contributed by atoms with E-state index < -0.39 is 31.6 Å². The van der Waals surface area contributed by atoms with E-state index in [1.54, 1.807) is 0 Å². The normalized spacial score (nSPS) is 11.4. The molecule has 3 nitrogen and oxygen atoms in total. The van der Waals surface area contributed by atoms with E-state index in [4.69, 9.17) is 16.3 Å². The second-order valence-corrected chi connectivity index (χ2v) is 4.10. The van der Waals surface area contributed by atoms with Crippen molar-refractivity contribution in [2.45, 2.75) is 12.6 Å². The summed E-state index contributed by atoms with van der Waals surface area (Å²) in [6.45, 7) is -0.960. The molecule has 0 aliphatic carbocycles. The van der Waals surface area contributed by atoms with E-state index in [1.165, 1.54) is 25.3 Å². The van der Waals surface area contributed by atoms with Gasteiger partial charge in [-0.15, -0.1) is 0 Å². The van der Waals surface area contributed by atoms with Gasteiger partial charge in [0.2, 0.25) is 0 Å². The maximum Gasteiger partial charge on any atom is 0.391 e. The van der Waals surface area contributed by atoms with Crippen LogP contribution in [0.5, 0.6) is 5.75 Å². The summed E-state index contributed by atoms with van der Waals surface area (Å²) in [6.07, 6.45) is -5.36. The SMILES string of the molecule is COc1ccc(C(=O)COCCC(F)(F)F)cc1Cl. The quantitative estimate of drug-likeness (QED) is 0.595. The maximum atomic E-state index is 11.8. The van der Waals surface area contributed by atoms with Crippen molar-refractivity contribution < 1.29 is 27.4 Å². The second kappa shape index (κ2) is 6.77. The summed E-state index contributed by atoms with van der Waals surface area (Å²) in [5.41, 5.74) is 0.262. The first-order valence-electron chi connectivity index (χ1n) is 5.34. The Morgan fingerprint density at radius 3 is 2.58 bits per heavy atom. The van der Waals surface area contributed by atoms with Crippen molar-refractivity contribution >= 4 is 17.4 Å². The van der Waals surface area contributed by atoms with Crippen LogP contribution in [0.25, 0.3) is 0 Å². The first kappa shape index (κ1) is 15.8. The third-order valence-corrected chi connectivity index (χ3v) is 2.53. The Labute approximate surface area is 113 Å². The van der Waals surface area contributed by atoms with Gasteiger partial charge >= 0.3 is 6.18 Å². The van der Waals surface area contributed by atoms with Gasteiger partial charge in [-0.25, -0.2) is 0 Å². The Hall–Kier alpha value is -1.27. The zero-order valence-corrected chi connectivity index (χ0v) is 10.8. The van der Waals surface area contributed by atoms with E-state index in [2.05, 4.69) is 4.74 Å². The van der Waals surface area contributed by atoms with E-state index in [9.17, 15) is 18.0 Å². The van der Waals surface area contributed by atoms with Crippen LogP contribution in [0.2, 0.25) is 5.02 Å². The molecule has 19 heavy (non-hydrogen) atoms. The lowest BCUT2D eigenvalue weighted by molar-refractivity contribution is -0.144. The average Bonchev–Trinajstić information content (AvgIpc) is 2.33. The molecule has 0 unspecified atom stereocenters. The predicted octanol–water partition coefficient (Wildman–Crippen LogP) is 3.50. The summed E-state index contributed by atoms with van der Waals surface area (Å²) < 4.78 is 45.1. The molecule has 106 valence electrons. The summed E-state index contributed by atoms with van der Waals surface area (Å²) in [4.78, 5) is 11.6. The second-order valence-electron chi connectivity index (χ2n) is 3.69. The van der Waals surface area contributed by atoms with Crippen LogP contribution in [-0.2, 0) is 4.74 Å². The van der Waals surface area contributed by atoms with Crippen LogP contribution < -0.4 is 4.74 Å². The highest BCUT2D eigenvalue weighted by Gasteiger charge is 2.26. The fourth-order valence-corrected chi connectivity index (χ4v) is 1.53. The molecule has 7 heteroatoms. The van der Waals surface area contributed by atoms with Gasteiger partial charge in [-0.2, -0.15) is 13.2 Å². The molecule has 0 saturated carbocycles. The van der Waals surface area contributed by atoms with Crippen LogP contribution in [-0.4, -0.2) is 32.3 Å². The summed E-state index contributed by atoms with van der Waals surface area (Å²) >= 11 is 5.83. The van der Waals surface area contributed by atoms with Gasteiger partial charge < -0.3 is 9.47 Å². The van der Waals surface area contributed by atoms with Gasteiger partial charge in [0.15, 0.2) is 5.78 Å². The van der Waals surface area contributed by atoms with Gasteiger partial charge in [0, 0.05) is 5.56 Å². The number of carbonyl (C=O) groups is 1. The number of ketones is 1. The topological polar surface area (TPSA) is 35.5 Å². The molecule has 1 aromatic rings. The molecule has 1 rings (SSSR count). The number of hydrogen-bond donors (Lipinski definition) is 0. The monoisotopic (exact) mass is 296 g/mol. The van der Waals surface area contributed by atoms with Crippen LogP contribution in [0, 0.1) is 0 Å². The van der Waals surface area contributed by atoms with Gasteiger partial charge in [-0.3, -0.25) is 4.79 Å². The van der Waals surface area contributed by atoms with Crippen LogP contribution in [0.1, 0.15) is 16.8 Å². The summed E-state index contributed by atoms with van der Waals surface area (Å²) in [5, 5.41) is 0.253. The molecule has 0 aromatic heterocycles. The smallest absolute Gasteiger partial charge is 0.391 e. The predicted molar refractivity (Wildman–Crippen MR) is 63.8 cm³/mol. The largest absolute Gasteiger partial charge is 0.495 e. The zero-order chi connectivity index (χ0) is 14.5. The minimum Gasteiger partial charge on any atom is -0.495 e. The third kappa shape index (κ3) is 5.48. The lowest BCUT2D eigenvalue weighted by Crippen LogP contribution is -2.15. The molecule has 0 saturated heterocycles. The van der Waals surface area contributed by atoms with E-state index in [0.717, 1.165) is 0 Å². The standard InChI is InChI=1S/C12H12ClF3O3/c1-18-11-3-2-8(6-9(11)13)10(17)7-19-5-4-12(14,15)16/h2-3,6H,4-5,7H2,1H3. The van der Waals surface area contributed by atoms with Crippen molar-refractivity contribution in [3.05, 3.63) is 28.8 Å². The van der Waals surface area contributed by atoms with Crippen LogP contribution in [0.3, 0.4) is 0 Å². The molecule has 0 fully saturated rings. The van der Waals surface area contributed by atoms with Crippen molar-refractivity contribution in [3.63, 3.8) is 0 Å². The number of carbonyl (C=O) groups excluding carboxylic acids is 1. The maximum absolute atomic E-state index is 11.8. The van der Waals surface area contributed by atoms with Gasteiger partial charge in [-0.05, 0) is 18.2 Å². The van der Waals surface area contributed by atoms with Crippen LogP contribution in [0.15, 0.2) is 18.2 Å². The van der Waals surface area contributed by atoms with Gasteiger partial charge in [0.25, 0.3) is 0 Å². The minimum absolute atomic E-state index is 0.253. The molecule has 0 aliphatic heterocycles.